The first-order chi connectivity index (χ1) is 7.09. The quantitative estimate of drug-likeness (QED) is 0.333. The number of rotatable bonds is 2. The van der Waals surface area contributed by atoms with Crippen molar-refractivity contribution in [1.82, 2.24) is 0 Å². The van der Waals surface area contributed by atoms with Gasteiger partial charge in [0.25, 0.3) is 0 Å². The molecular weight excluding hydrogens is 210 g/mol. The highest BCUT2D eigenvalue weighted by molar-refractivity contribution is 6.39. The maximum absolute atomic E-state index is 9.05. The van der Waals surface area contributed by atoms with Gasteiger partial charge in [0.1, 0.15) is 0 Å². The van der Waals surface area contributed by atoms with E-state index in [0.29, 0.717) is 17.8 Å². The average Bonchev–Trinajstić information content (AvgIpc) is 2.16. The summed E-state index contributed by atoms with van der Waals surface area (Å²) in [5.41, 5.74) is 0.812. The Morgan fingerprint density at radius 3 is 3.00 bits per heavy atom. The summed E-state index contributed by atoms with van der Waals surface area (Å²) in [6, 6.07) is 0. The largest absolute Gasteiger partial charge is 0.411 e. The van der Waals surface area contributed by atoms with Gasteiger partial charge in [0.05, 0.1) is 10.6 Å². The van der Waals surface area contributed by atoms with E-state index in [9.17, 15) is 0 Å². The molecule has 2 rings (SSSR count). The number of halogens is 1. The van der Waals surface area contributed by atoms with E-state index in [2.05, 4.69) is 31.2 Å². The topological polar surface area (TPSA) is 32.6 Å². The monoisotopic (exact) mass is 227 g/mol. The number of alkyl halides is 1. The van der Waals surface area contributed by atoms with Gasteiger partial charge in [-0.3, -0.25) is 0 Å². The molecule has 0 bridgehead atoms. The van der Waals surface area contributed by atoms with Gasteiger partial charge in [-0.1, -0.05) is 31.2 Å². The van der Waals surface area contributed by atoms with Crippen molar-refractivity contribution < 1.29 is 5.21 Å². The molecule has 0 amide bonds. The van der Waals surface area contributed by atoms with Gasteiger partial charge in [-0.15, -0.1) is 11.6 Å². The highest BCUT2D eigenvalue weighted by atomic mass is 35.5. The Kier molecular flexibility index (Phi) is 2.80. The number of hydrogen-bond acceptors (Lipinski definition) is 2. The lowest BCUT2D eigenvalue weighted by atomic mass is 9.57. The zero-order chi connectivity index (χ0) is 11.1. The number of hydrogen-bond donors (Lipinski definition) is 1. The minimum atomic E-state index is -0.372. The van der Waals surface area contributed by atoms with E-state index in [-0.39, 0.29) is 4.87 Å². The van der Waals surface area contributed by atoms with Crippen LogP contribution in [0.15, 0.2) is 17.3 Å². The van der Waals surface area contributed by atoms with Crippen LogP contribution in [0.4, 0.5) is 0 Å². The lowest BCUT2D eigenvalue weighted by Gasteiger charge is -2.52. The maximum Gasteiger partial charge on any atom is 0.0934 e. The molecule has 2 aliphatic rings. The van der Waals surface area contributed by atoms with Gasteiger partial charge in [0, 0.05) is 11.8 Å². The van der Waals surface area contributed by atoms with E-state index in [1.807, 2.05) is 0 Å². The Bertz CT molecular complexity index is 311. The second-order valence-corrected chi connectivity index (χ2v) is 5.75. The second-order valence-electron chi connectivity index (χ2n) is 5.08. The van der Waals surface area contributed by atoms with E-state index in [4.69, 9.17) is 16.8 Å². The van der Waals surface area contributed by atoms with Crippen molar-refractivity contribution in [3.05, 3.63) is 12.2 Å². The summed E-state index contributed by atoms with van der Waals surface area (Å²) in [5, 5.41) is 12.5. The number of oxime groups is 1. The van der Waals surface area contributed by atoms with Crippen LogP contribution in [0, 0.1) is 17.8 Å². The van der Waals surface area contributed by atoms with Crippen molar-refractivity contribution in [1.29, 1.82) is 0 Å². The van der Waals surface area contributed by atoms with Gasteiger partial charge in [-0.05, 0) is 25.2 Å². The fourth-order valence-corrected chi connectivity index (χ4v) is 3.42. The minimum absolute atomic E-state index is 0.351. The van der Waals surface area contributed by atoms with Crippen LogP contribution in [0.1, 0.15) is 33.1 Å². The van der Waals surface area contributed by atoms with E-state index in [0.717, 1.165) is 25.0 Å². The Morgan fingerprint density at radius 1 is 1.67 bits per heavy atom. The van der Waals surface area contributed by atoms with Crippen LogP contribution >= 0.6 is 11.6 Å². The molecule has 2 nitrogen and oxygen atoms in total. The molecule has 0 aromatic heterocycles. The zero-order valence-electron chi connectivity index (χ0n) is 9.28. The van der Waals surface area contributed by atoms with Crippen LogP contribution in [0.5, 0.6) is 0 Å². The standard InChI is InChI=1S/C12H18ClNO/c1-8(2)7-9-10-5-3-4-6-12(10,13)11(9)14-15/h3,5,8-10,15H,4,6-7H2,1-2H3/b14-11+. The molecular formula is C12H18ClNO. The Hall–Kier alpha value is -0.500. The predicted octanol–water partition coefficient (Wildman–Crippen LogP) is 3.44. The minimum Gasteiger partial charge on any atom is -0.411 e. The van der Waals surface area contributed by atoms with Crippen molar-refractivity contribution in [2.75, 3.05) is 0 Å². The maximum atomic E-state index is 9.05. The van der Waals surface area contributed by atoms with Crippen molar-refractivity contribution in [2.45, 2.75) is 38.0 Å². The lowest BCUT2D eigenvalue weighted by molar-refractivity contribution is 0.240. The Balaban J connectivity index is 2.20. The Morgan fingerprint density at radius 2 is 2.40 bits per heavy atom. The smallest absolute Gasteiger partial charge is 0.0934 e. The molecule has 0 heterocycles. The van der Waals surface area contributed by atoms with Gasteiger partial charge >= 0.3 is 0 Å². The third kappa shape index (κ3) is 1.59. The summed E-state index contributed by atoms with van der Waals surface area (Å²) >= 11 is 6.51. The molecule has 0 aromatic carbocycles. The SMILES string of the molecule is CC(C)CC1/C(=N\O)C2(Cl)CCC=CC12. The molecule has 1 fully saturated rings. The third-order valence-electron chi connectivity index (χ3n) is 3.59. The van der Waals surface area contributed by atoms with E-state index < -0.39 is 0 Å². The second kappa shape index (κ2) is 3.82. The van der Waals surface area contributed by atoms with Crippen LogP contribution in [0.2, 0.25) is 0 Å². The first-order valence-corrected chi connectivity index (χ1v) is 6.05. The van der Waals surface area contributed by atoms with Crippen LogP contribution < -0.4 is 0 Å². The molecule has 0 saturated heterocycles. The summed E-state index contributed by atoms with van der Waals surface area (Å²) in [5.74, 6) is 1.34. The van der Waals surface area contributed by atoms with Crippen molar-refractivity contribution in [3.63, 3.8) is 0 Å². The van der Waals surface area contributed by atoms with Crippen LogP contribution in [-0.4, -0.2) is 15.8 Å². The molecule has 1 saturated carbocycles. The summed E-state index contributed by atoms with van der Waals surface area (Å²) in [6.07, 6.45) is 7.37. The number of nitrogens with zero attached hydrogens (tertiary/aromatic N) is 1. The zero-order valence-corrected chi connectivity index (χ0v) is 10.0. The Labute approximate surface area is 96.0 Å². The molecule has 0 radical (unpaired) electrons. The highest BCUT2D eigenvalue weighted by Crippen LogP contribution is 2.54. The molecule has 1 N–H and O–H groups in total. The number of fused-ring (bicyclic) bond motifs is 1. The van der Waals surface area contributed by atoms with Crippen LogP contribution in [-0.2, 0) is 0 Å². The summed E-state index contributed by atoms with van der Waals surface area (Å²) < 4.78 is 0. The lowest BCUT2D eigenvalue weighted by Crippen LogP contribution is -2.60. The molecule has 0 aromatic rings. The van der Waals surface area contributed by atoms with Gasteiger partial charge in [-0.25, -0.2) is 0 Å². The molecule has 15 heavy (non-hydrogen) atoms. The molecule has 3 atom stereocenters. The van der Waals surface area contributed by atoms with Crippen molar-refractivity contribution in [3.8, 4) is 0 Å². The predicted molar refractivity (Wildman–Crippen MR) is 62.6 cm³/mol. The molecule has 3 unspecified atom stereocenters. The summed E-state index contributed by atoms with van der Waals surface area (Å²) in [4.78, 5) is -0.372. The highest BCUT2D eigenvalue weighted by Gasteiger charge is 2.58. The molecule has 0 aliphatic heterocycles. The first kappa shape index (κ1) is 11.0. The van der Waals surface area contributed by atoms with E-state index in [1.165, 1.54) is 0 Å². The summed E-state index contributed by atoms with van der Waals surface area (Å²) in [6.45, 7) is 4.38. The third-order valence-corrected chi connectivity index (χ3v) is 4.22. The van der Waals surface area contributed by atoms with Gasteiger partial charge in [0.15, 0.2) is 0 Å². The van der Waals surface area contributed by atoms with Crippen LogP contribution in [0.25, 0.3) is 0 Å². The molecule has 0 spiro atoms. The van der Waals surface area contributed by atoms with Crippen molar-refractivity contribution in [2.24, 2.45) is 22.9 Å². The number of allylic oxidation sites excluding steroid dienone is 2. The molecule has 84 valence electrons. The average molecular weight is 228 g/mol. The fourth-order valence-electron chi connectivity index (χ4n) is 2.91. The van der Waals surface area contributed by atoms with E-state index >= 15 is 0 Å². The molecule has 2 aliphatic carbocycles. The van der Waals surface area contributed by atoms with Gasteiger partial charge in [0.2, 0.25) is 0 Å². The van der Waals surface area contributed by atoms with Gasteiger partial charge < -0.3 is 5.21 Å². The first-order valence-electron chi connectivity index (χ1n) is 5.67. The van der Waals surface area contributed by atoms with Crippen molar-refractivity contribution >= 4 is 17.3 Å². The van der Waals surface area contributed by atoms with Gasteiger partial charge in [-0.2, -0.15) is 0 Å². The molecule has 3 heteroatoms. The van der Waals surface area contributed by atoms with Crippen LogP contribution in [0.3, 0.4) is 0 Å². The normalized spacial score (nSPS) is 41.7. The van der Waals surface area contributed by atoms with E-state index in [1.54, 1.807) is 0 Å². The summed E-state index contributed by atoms with van der Waals surface area (Å²) in [7, 11) is 0. The fraction of sp³-hybridized carbons (Fsp3) is 0.750.